The normalized spacial score (nSPS) is 35.0. The number of H-pyrrole nitrogens is 1. The molecule has 0 bridgehead atoms. The minimum Gasteiger partial charge on any atom is -0.355 e. The number of hydrogen-bond donors (Lipinski definition) is 1. The quantitative estimate of drug-likeness (QED) is 0.162. The molecule has 17 nitrogen and oxygen atoms in total. The van der Waals surface area contributed by atoms with Gasteiger partial charge in [0.05, 0.1) is 25.4 Å². The van der Waals surface area contributed by atoms with Crippen LogP contribution >= 0.6 is 0 Å². The lowest BCUT2D eigenvalue weighted by Crippen LogP contribution is -2.53. The van der Waals surface area contributed by atoms with Crippen LogP contribution in [0.25, 0.3) is 20.9 Å². The van der Waals surface area contributed by atoms with Crippen molar-refractivity contribution in [3.63, 3.8) is 0 Å². The second kappa shape index (κ2) is 11.0. The summed E-state index contributed by atoms with van der Waals surface area (Å²) in [5.41, 5.74) is 16.6. The minimum absolute atomic E-state index is 0.00394. The zero-order valence-electron chi connectivity index (χ0n) is 19.7. The molecule has 4 rings (SSSR count). The second-order valence-corrected chi connectivity index (χ2v) is 8.67. The van der Waals surface area contributed by atoms with Crippen LogP contribution in [0, 0.1) is 0 Å². The smallest absolute Gasteiger partial charge is 0.330 e. The molecule has 8 atom stereocenters. The lowest BCUT2D eigenvalue weighted by molar-refractivity contribution is -0.223. The van der Waals surface area contributed by atoms with E-state index in [1.165, 1.54) is 23.9 Å². The first kappa shape index (κ1) is 26.1. The molecule has 196 valence electrons. The summed E-state index contributed by atoms with van der Waals surface area (Å²) < 4.78 is 41.2. The average Bonchev–Trinajstić information content (AvgIpc) is 3.31. The van der Waals surface area contributed by atoms with E-state index in [2.05, 4.69) is 25.0 Å². The number of ether oxygens (including phenoxy) is 7. The number of fused-ring (bicyclic) bond motifs is 1. The zero-order chi connectivity index (χ0) is 25.9. The Labute approximate surface area is 203 Å². The van der Waals surface area contributed by atoms with E-state index in [1.54, 1.807) is 13.8 Å². The summed E-state index contributed by atoms with van der Waals surface area (Å²) in [6.07, 6.45) is -3.16. The fourth-order valence-corrected chi connectivity index (χ4v) is 4.47. The Morgan fingerprint density at radius 2 is 1.97 bits per heavy atom. The van der Waals surface area contributed by atoms with Crippen LogP contribution in [0.3, 0.4) is 0 Å². The third-order valence-corrected chi connectivity index (χ3v) is 5.92. The summed E-state index contributed by atoms with van der Waals surface area (Å²) in [4.78, 5) is 31.6. The van der Waals surface area contributed by atoms with Crippen molar-refractivity contribution in [1.82, 2.24) is 9.55 Å². The van der Waals surface area contributed by atoms with Crippen LogP contribution in [0.1, 0.15) is 20.1 Å². The maximum Gasteiger partial charge on any atom is 0.330 e. The van der Waals surface area contributed by atoms with E-state index in [4.69, 9.17) is 44.2 Å². The molecule has 3 aliphatic heterocycles. The van der Waals surface area contributed by atoms with Gasteiger partial charge < -0.3 is 33.2 Å². The number of aromatic nitrogens is 2. The highest BCUT2D eigenvalue weighted by atomic mass is 16.8. The number of hydrogen-bond acceptors (Lipinski definition) is 11. The molecule has 0 spiro atoms. The van der Waals surface area contributed by atoms with Crippen LogP contribution in [0.15, 0.2) is 32.1 Å². The van der Waals surface area contributed by atoms with Gasteiger partial charge >= 0.3 is 5.69 Å². The van der Waals surface area contributed by atoms with E-state index >= 15 is 0 Å². The topological polar surface area (TPSA) is 217 Å². The maximum atomic E-state index is 12.3. The highest BCUT2D eigenvalue weighted by Gasteiger charge is 2.56. The predicted octanol–water partition coefficient (Wildman–Crippen LogP) is 0.674. The first-order chi connectivity index (χ1) is 17.3. The molecule has 0 radical (unpaired) electrons. The molecule has 3 fully saturated rings. The van der Waals surface area contributed by atoms with E-state index in [0.29, 0.717) is 0 Å². The molecule has 17 heteroatoms. The molecular weight excluding hydrogens is 484 g/mol. The third kappa shape index (κ3) is 5.39. The zero-order valence-corrected chi connectivity index (χ0v) is 19.7. The number of nitrogens with one attached hydrogen (secondary N) is 1. The van der Waals surface area contributed by atoms with Crippen LogP contribution in [-0.2, 0) is 33.2 Å². The van der Waals surface area contributed by atoms with Gasteiger partial charge in [-0.25, -0.2) is 4.79 Å². The van der Waals surface area contributed by atoms with E-state index in [-0.39, 0.29) is 20.0 Å². The number of azide groups is 2. The third-order valence-electron chi connectivity index (χ3n) is 5.92. The molecule has 0 amide bonds. The molecule has 1 aromatic rings. The van der Waals surface area contributed by atoms with Gasteiger partial charge in [-0.3, -0.25) is 14.3 Å². The summed E-state index contributed by atoms with van der Waals surface area (Å²) in [5.74, 6) is -0.930. The van der Waals surface area contributed by atoms with Crippen molar-refractivity contribution in [3.05, 3.63) is 54.0 Å². The van der Waals surface area contributed by atoms with E-state index in [0.717, 1.165) is 0 Å². The fraction of sp³-hybridized carbons (Fsp3) is 0.789. The Morgan fingerprint density at radius 1 is 1.22 bits per heavy atom. The van der Waals surface area contributed by atoms with Crippen molar-refractivity contribution in [2.24, 2.45) is 10.2 Å². The Bertz CT molecular complexity index is 1140. The summed E-state index contributed by atoms with van der Waals surface area (Å²) in [7, 11) is 1.38. The van der Waals surface area contributed by atoms with Gasteiger partial charge in [-0.2, -0.15) is 0 Å². The van der Waals surface area contributed by atoms with Gasteiger partial charge in [0.25, 0.3) is 5.56 Å². The van der Waals surface area contributed by atoms with E-state index in [1.807, 2.05) is 0 Å². The fourth-order valence-electron chi connectivity index (χ4n) is 4.47. The van der Waals surface area contributed by atoms with Gasteiger partial charge in [-0.05, 0) is 24.9 Å². The average molecular weight is 510 g/mol. The Morgan fingerprint density at radius 3 is 2.67 bits per heavy atom. The lowest BCUT2D eigenvalue weighted by atomic mass is 10.0. The lowest BCUT2D eigenvalue weighted by Gasteiger charge is -2.37. The van der Waals surface area contributed by atoms with Crippen LogP contribution in [0.5, 0.6) is 0 Å². The molecule has 3 aliphatic rings. The highest BCUT2D eigenvalue weighted by Crippen LogP contribution is 2.42. The van der Waals surface area contributed by atoms with Gasteiger partial charge in [-0.15, -0.1) is 0 Å². The molecule has 0 aliphatic carbocycles. The molecule has 3 saturated heterocycles. The molecule has 1 aromatic heterocycles. The van der Waals surface area contributed by atoms with E-state index in [9.17, 15) is 9.59 Å². The van der Waals surface area contributed by atoms with Gasteiger partial charge in [0.1, 0.15) is 31.1 Å². The molecule has 1 N–H and O–H groups in total. The number of aromatic amines is 1. The van der Waals surface area contributed by atoms with Gasteiger partial charge in [0.15, 0.2) is 18.3 Å². The molecular formula is C19H26N8O9. The van der Waals surface area contributed by atoms with Gasteiger partial charge in [-0.1, -0.05) is 10.2 Å². The number of nitrogens with zero attached hydrogens (tertiary/aromatic N) is 7. The number of rotatable bonds is 9. The summed E-state index contributed by atoms with van der Waals surface area (Å²) in [6.45, 7) is 3.19. The Kier molecular flexibility index (Phi) is 7.94. The molecule has 4 heterocycles. The van der Waals surface area contributed by atoms with Gasteiger partial charge in [0.2, 0.25) is 0 Å². The van der Waals surface area contributed by atoms with Crippen LogP contribution in [0.4, 0.5) is 0 Å². The first-order valence-corrected chi connectivity index (χ1v) is 11.0. The number of methoxy groups -OCH3 is 1. The summed E-state index contributed by atoms with van der Waals surface area (Å²) >= 11 is 0. The maximum absolute atomic E-state index is 12.3. The van der Waals surface area contributed by atoms with Crippen molar-refractivity contribution >= 4 is 0 Å². The first-order valence-electron chi connectivity index (χ1n) is 11.0. The second-order valence-electron chi connectivity index (χ2n) is 8.67. The van der Waals surface area contributed by atoms with Crippen molar-refractivity contribution < 1.29 is 33.2 Å². The molecule has 36 heavy (non-hydrogen) atoms. The van der Waals surface area contributed by atoms with Crippen molar-refractivity contribution in [3.8, 4) is 0 Å². The molecule has 0 unspecified atom stereocenters. The Balaban J connectivity index is 1.43. The van der Waals surface area contributed by atoms with E-state index < -0.39 is 66.1 Å². The van der Waals surface area contributed by atoms with Crippen LogP contribution < -0.4 is 11.2 Å². The van der Waals surface area contributed by atoms with Crippen LogP contribution in [-0.4, -0.2) is 85.2 Å². The van der Waals surface area contributed by atoms with Crippen LogP contribution in [0.2, 0.25) is 0 Å². The monoisotopic (exact) mass is 510 g/mol. The minimum atomic E-state index is -0.930. The summed E-state index contributed by atoms with van der Waals surface area (Å²) in [5, 5.41) is 7.33. The predicted molar refractivity (Wildman–Crippen MR) is 117 cm³/mol. The van der Waals surface area contributed by atoms with Gasteiger partial charge in [0, 0.05) is 29.2 Å². The van der Waals surface area contributed by atoms with Crippen molar-refractivity contribution in [2.45, 2.75) is 68.7 Å². The highest BCUT2D eigenvalue weighted by molar-refractivity contribution is 4.99. The van der Waals surface area contributed by atoms with Crippen molar-refractivity contribution in [2.75, 3.05) is 27.1 Å². The van der Waals surface area contributed by atoms with Crippen molar-refractivity contribution in [1.29, 1.82) is 0 Å². The summed E-state index contributed by atoms with van der Waals surface area (Å²) in [6, 6.07) is -0.500. The standard InChI is InChI=1S/C19H26N8O9/c1-19(2)35-14-10(34-16(15(14)36-19)27-5-4-11(28)22-18(27)29)7-31-8-33-13-9(23-25-20)6-32-17(30-3)12(13)24-26-21/h4-5,9-10,12-17H,6-8H2,1-3H3,(H,22,28,29)/t9-,10-,12-,13-,14-,15-,16-,17-/m1/s1. The molecule has 0 saturated carbocycles. The Hall–Kier alpha value is -2.98. The SMILES string of the molecule is CO[C@@H]1OC[C@@H](N=[N+]=[N-])[C@@H](OCOC[C@H]2O[C@@H](n3ccc(=O)[nH]c3=O)[C@@H]3OC(C)(C)O[C@@H]32)[C@H]1N=[N+]=[N-]. The molecule has 0 aromatic carbocycles. The largest absolute Gasteiger partial charge is 0.355 e.